The summed E-state index contributed by atoms with van der Waals surface area (Å²) in [6.07, 6.45) is 0. The standard InChI is InChI=1S/C15H18N2O2S/c1-10(11-6-3-4-7-12(11)18)17(2)15(19)14(16)13-8-5-9-20-13/h3-10,14,18H,16H2,1-2H3. The van der Waals surface area contributed by atoms with Gasteiger partial charge in [-0.1, -0.05) is 24.3 Å². The average Bonchev–Trinajstić information content (AvgIpc) is 2.99. The Morgan fingerprint density at radius 1 is 1.30 bits per heavy atom. The minimum atomic E-state index is -0.659. The van der Waals surface area contributed by atoms with Gasteiger partial charge in [-0.25, -0.2) is 0 Å². The first-order chi connectivity index (χ1) is 9.52. The maximum atomic E-state index is 12.4. The first-order valence-corrected chi connectivity index (χ1v) is 7.24. The predicted molar refractivity (Wildman–Crippen MR) is 80.5 cm³/mol. The molecule has 0 aliphatic rings. The lowest BCUT2D eigenvalue weighted by Gasteiger charge is -2.28. The van der Waals surface area contributed by atoms with E-state index in [2.05, 4.69) is 0 Å². The number of carbonyl (C=O) groups excluding carboxylic acids is 1. The maximum absolute atomic E-state index is 12.4. The van der Waals surface area contributed by atoms with Crippen molar-refractivity contribution in [1.82, 2.24) is 4.90 Å². The van der Waals surface area contributed by atoms with Crippen LogP contribution in [0.4, 0.5) is 0 Å². The number of likely N-dealkylation sites (N-methyl/N-ethyl adjacent to an activating group) is 1. The van der Waals surface area contributed by atoms with E-state index in [-0.39, 0.29) is 17.7 Å². The molecule has 5 heteroatoms. The molecule has 0 aliphatic heterocycles. The van der Waals surface area contributed by atoms with Crippen LogP contribution in [0.15, 0.2) is 41.8 Å². The van der Waals surface area contributed by atoms with Crippen LogP contribution in [0.3, 0.4) is 0 Å². The molecule has 1 heterocycles. The molecular formula is C15H18N2O2S. The zero-order valence-electron chi connectivity index (χ0n) is 11.5. The third kappa shape index (κ3) is 2.84. The highest BCUT2D eigenvalue weighted by atomic mass is 32.1. The normalized spacial score (nSPS) is 13.8. The lowest BCUT2D eigenvalue weighted by molar-refractivity contribution is -0.133. The summed E-state index contributed by atoms with van der Waals surface area (Å²) in [5.41, 5.74) is 6.70. The molecular weight excluding hydrogens is 272 g/mol. The summed E-state index contributed by atoms with van der Waals surface area (Å²) < 4.78 is 0. The Kier molecular flexibility index (Phi) is 4.42. The number of para-hydroxylation sites is 1. The monoisotopic (exact) mass is 290 g/mol. The van der Waals surface area contributed by atoms with Crippen molar-refractivity contribution in [2.24, 2.45) is 5.73 Å². The van der Waals surface area contributed by atoms with E-state index in [1.807, 2.05) is 30.5 Å². The van der Waals surface area contributed by atoms with Crippen molar-refractivity contribution in [1.29, 1.82) is 0 Å². The van der Waals surface area contributed by atoms with Gasteiger partial charge in [-0.2, -0.15) is 0 Å². The zero-order chi connectivity index (χ0) is 14.7. The zero-order valence-corrected chi connectivity index (χ0v) is 12.3. The number of hydrogen-bond donors (Lipinski definition) is 2. The first-order valence-electron chi connectivity index (χ1n) is 6.36. The fourth-order valence-corrected chi connectivity index (χ4v) is 2.77. The summed E-state index contributed by atoms with van der Waals surface area (Å²) in [5, 5.41) is 11.8. The van der Waals surface area contributed by atoms with Gasteiger partial charge in [0.05, 0.1) is 6.04 Å². The van der Waals surface area contributed by atoms with E-state index in [1.54, 1.807) is 30.1 Å². The van der Waals surface area contributed by atoms with Gasteiger partial charge in [0.2, 0.25) is 5.91 Å². The quantitative estimate of drug-likeness (QED) is 0.909. The molecule has 1 amide bonds. The number of benzene rings is 1. The fraction of sp³-hybridized carbons (Fsp3) is 0.267. The molecule has 0 saturated heterocycles. The van der Waals surface area contributed by atoms with Crippen LogP contribution in [0.5, 0.6) is 5.75 Å². The molecule has 0 spiro atoms. The summed E-state index contributed by atoms with van der Waals surface area (Å²) in [4.78, 5) is 14.8. The van der Waals surface area contributed by atoms with E-state index in [1.165, 1.54) is 11.3 Å². The highest BCUT2D eigenvalue weighted by Gasteiger charge is 2.25. The van der Waals surface area contributed by atoms with Crippen molar-refractivity contribution in [3.8, 4) is 5.75 Å². The smallest absolute Gasteiger partial charge is 0.245 e. The Hall–Kier alpha value is -1.85. The highest BCUT2D eigenvalue weighted by Crippen LogP contribution is 2.29. The predicted octanol–water partition coefficient (Wildman–Crippen LogP) is 2.67. The van der Waals surface area contributed by atoms with E-state index in [4.69, 9.17) is 5.73 Å². The van der Waals surface area contributed by atoms with E-state index >= 15 is 0 Å². The van der Waals surface area contributed by atoms with Gasteiger partial charge in [0, 0.05) is 17.5 Å². The molecule has 4 nitrogen and oxygen atoms in total. The van der Waals surface area contributed by atoms with Gasteiger partial charge in [0.1, 0.15) is 11.8 Å². The number of amides is 1. The summed E-state index contributed by atoms with van der Waals surface area (Å²) >= 11 is 1.47. The van der Waals surface area contributed by atoms with Crippen LogP contribution in [-0.4, -0.2) is 23.0 Å². The van der Waals surface area contributed by atoms with Crippen LogP contribution in [-0.2, 0) is 4.79 Å². The summed E-state index contributed by atoms with van der Waals surface area (Å²) in [6.45, 7) is 1.87. The first kappa shape index (κ1) is 14.6. The Morgan fingerprint density at radius 3 is 2.60 bits per heavy atom. The molecule has 2 rings (SSSR count). The molecule has 2 atom stereocenters. The SMILES string of the molecule is CC(c1ccccc1O)N(C)C(=O)C(N)c1cccs1. The lowest BCUT2D eigenvalue weighted by Crippen LogP contribution is -2.37. The molecule has 2 aromatic rings. The number of carbonyl (C=O) groups is 1. The average molecular weight is 290 g/mol. The van der Waals surface area contributed by atoms with Crippen LogP contribution in [0.2, 0.25) is 0 Å². The highest BCUT2D eigenvalue weighted by molar-refractivity contribution is 7.10. The molecule has 0 bridgehead atoms. The molecule has 1 aromatic carbocycles. The van der Waals surface area contributed by atoms with Gasteiger partial charge in [-0.05, 0) is 24.4 Å². The van der Waals surface area contributed by atoms with Crippen LogP contribution in [0.25, 0.3) is 0 Å². The van der Waals surface area contributed by atoms with Gasteiger partial charge in [0.15, 0.2) is 0 Å². The second kappa shape index (κ2) is 6.07. The molecule has 0 fully saturated rings. The van der Waals surface area contributed by atoms with Crippen molar-refractivity contribution < 1.29 is 9.90 Å². The number of rotatable bonds is 4. The number of phenolic OH excluding ortho intramolecular Hbond substituents is 1. The van der Waals surface area contributed by atoms with E-state index in [0.29, 0.717) is 5.56 Å². The Bertz CT molecular complexity index is 583. The van der Waals surface area contributed by atoms with Gasteiger partial charge in [-0.15, -0.1) is 11.3 Å². The number of phenols is 1. The molecule has 1 aromatic heterocycles. The van der Waals surface area contributed by atoms with Gasteiger partial charge < -0.3 is 15.7 Å². The van der Waals surface area contributed by atoms with Crippen LogP contribution < -0.4 is 5.73 Å². The number of nitrogens with two attached hydrogens (primary N) is 1. The number of thiophene rings is 1. The van der Waals surface area contributed by atoms with Crippen LogP contribution in [0.1, 0.15) is 29.4 Å². The van der Waals surface area contributed by atoms with Crippen molar-refractivity contribution in [2.45, 2.75) is 19.0 Å². The van der Waals surface area contributed by atoms with Gasteiger partial charge in [-0.3, -0.25) is 4.79 Å². The molecule has 106 valence electrons. The minimum absolute atomic E-state index is 0.164. The van der Waals surface area contributed by atoms with Crippen molar-refractivity contribution in [2.75, 3.05) is 7.05 Å². The van der Waals surface area contributed by atoms with Crippen molar-refractivity contribution in [3.63, 3.8) is 0 Å². The second-order valence-electron chi connectivity index (χ2n) is 4.68. The Labute approximate surface area is 122 Å². The van der Waals surface area contributed by atoms with Gasteiger partial charge >= 0.3 is 0 Å². The summed E-state index contributed by atoms with van der Waals surface area (Å²) in [7, 11) is 1.70. The fourth-order valence-electron chi connectivity index (χ4n) is 2.05. The Balaban J connectivity index is 2.16. The van der Waals surface area contributed by atoms with Gasteiger partial charge in [0.25, 0.3) is 0 Å². The molecule has 0 aliphatic carbocycles. The minimum Gasteiger partial charge on any atom is -0.508 e. The third-order valence-electron chi connectivity index (χ3n) is 3.43. The molecule has 2 unspecified atom stereocenters. The molecule has 0 radical (unpaired) electrons. The van der Waals surface area contributed by atoms with Crippen molar-refractivity contribution >= 4 is 17.2 Å². The van der Waals surface area contributed by atoms with Crippen molar-refractivity contribution in [3.05, 3.63) is 52.2 Å². The third-order valence-corrected chi connectivity index (χ3v) is 4.39. The van der Waals surface area contributed by atoms with Crippen LogP contribution in [0, 0.1) is 0 Å². The van der Waals surface area contributed by atoms with E-state index in [0.717, 1.165) is 4.88 Å². The largest absolute Gasteiger partial charge is 0.508 e. The lowest BCUT2D eigenvalue weighted by atomic mass is 10.1. The molecule has 20 heavy (non-hydrogen) atoms. The second-order valence-corrected chi connectivity index (χ2v) is 5.66. The maximum Gasteiger partial charge on any atom is 0.245 e. The Morgan fingerprint density at radius 2 is 2.00 bits per heavy atom. The topological polar surface area (TPSA) is 66.6 Å². The molecule has 3 N–H and O–H groups in total. The summed E-state index contributed by atoms with van der Waals surface area (Å²) in [5.74, 6) is 0.0209. The van der Waals surface area contributed by atoms with Crippen LogP contribution >= 0.6 is 11.3 Å². The number of aromatic hydroxyl groups is 1. The number of hydrogen-bond acceptors (Lipinski definition) is 4. The summed E-state index contributed by atoms with van der Waals surface area (Å²) in [6, 6.07) is 9.84. The molecule has 0 saturated carbocycles. The van der Waals surface area contributed by atoms with E-state index in [9.17, 15) is 9.90 Å². The van der Waals surface area contributed by atoms with E-state index < -0.39 is 6.04 Å². The number of nitrogens with zero attached hydrogens (tertiary/aromatic N) is 1.